The van der Waals surface area contributed by atoms with E-state index >= 15 is 0 Å². The summed E-state index contributed by atoms with van der Waals surface area (Å²) >= 11 is 0. The number of nitrogens with zero attached hydrogens (tertiary/aromatic N) is 3. The highest BCUT2D eigenvalue weighted by atomic mass is 16.5. The molecule has 1 aliphatic heterocycles. The summed E-state index contributed by atoms with van der Waals surface area (Å²) in [5.74, 6) is 0.421. The molecule has 0 unspecified atom stereocenters. The van der Waals surface area contributed by atoms with Crippen molar-refractivity contribution < 1.29 is 14.3 Å². The topological polar surface area (TPSA) is 102 Å². The predicted molar refractivity (Wildman–Crippen MR) is 126 cm³/mol. The van der Waals surface area contributed by atoms with Crippen molar-refractivity contribution in [3.05, 3.63) is 77.1 Å². The van der Waals surface area contributed by atoms with Crippen molar-refractivity contribution in [1.29, 1.82) is 0 Å². The molecular formula is C25H29N5O3. The summed E-state index contributed by atoms with van der Waals surface area (Å²) in [6.45, 7) is 5.07. The summed E-state index contributed by atoms with van der Waals surface area (Å²) in [5.41, 5.74) is 9.66. The standard InChI is InChI=1S/C25H29N5O3/c1-17-21(15-29(2)28-17)16-30-13-11-19(12-14-30)18-7-9-20(10-8-18)24(31)27-22-5-3-4-6-23(22)33-25(26)32/h3-10,15,19H,11-14,16H2,1-2H3,(H2,26,32)(H,27,31). The van der Waals surface area contributed by atoms with Gasteiger partial charge < -0.3 is 15.8 Å². The Balaban J connectivity index is 1.34. The number of carbonyl (C=O) groups is 2. The Labute approximate surface area is 193 Å². The summed E-state index contributed by atoms with van der Waals surface area (Å²) in [5, 5.41) is 7.22. The maximum atomic E-state index is 12.7. The van der Waals surface area contributed by atoms with Crippen LogP contribution >= 0.6 is 0 Å². The number of carbonyl (C=O) groups excluding carboxylic acids is 2. The maximum Gasteiger partial charge on any atom is 0.410 e. The Morgan fingerprint density at radius 2 is 1.82 bits per heavy atom. The molecule has 0 radical (unpaired) electrons. The second kappa shape index (κ2) is 9.87. The van der Waals surface area contributed by atoms with Gasteiger partial charge in [-0.25, -0.2) is 4.79 Å². The molecule has 0 spiro atoms. The van der Waals surface area contributed by atoms with Gasteiger partial charge in [-0.3, -0.25) is 14.4 Å². The van der Waals surface area contributed by atoms with Gasteiger partial charge in [0, 0.05) is 30.9 Å². The van der Waals surface area contributed by atoms with E-state index in [4.69, 9.17) is 10.5 Å². The number of piperidine rings is 1. The number of aryl methyl sites for hydroxylation is 2. The van der Waals surface area contributed by atoms with E-state index < -0.39 is 6.09 Å². The molecule has 0 aliphatic carbocycles. The van der Waals surface area contributed by atoms with Crippen molar-refractivity contribution in [2.24, 2.45) is 12.8 Å². The van der Waals surface area contributed by atoms with Gasteiger partial charge in [-0.1, -0.05) is 24.3 Å². The van der Waals surface area contributed by atoms with E-state index in [1.165, 1.54) is 11.1 Å². The second-order valence-corrected chi connectivity index (χ2v) is 8.46. The van der Waals surface area contributed by atoms with Gasteiger partial charge in [0.1, 0.15) is 0 Å². The first-order valence-electron chi connectivity index (χ1n) is 11.1. The van der Waals surface area contributed by atoms with Crippen LogP contribution in [0.4, 0.5) is 10.5 Å². The lowest BCUT2D eigenvalue weighted by atomic mass is 9.89. The minimum atomic E-state index is -0.928. The molecule has 0 saturated carbocycles. The SMILES string of the molecule is Cc1nn(C)cc1CN1CCC(c2ccc(C(=O)Nc3ccccc3OC(N)=O)cc2)CC1. The quantitative estimate of drug-likeness (QED) is 0.598. The molecule has 1 aromatic heterocycles. The maximum absolute atomic E-state index is 12.7. The van der Waals surface area contributed by atoms with Gasteiger partial charge in [0.15, 0.2) is 5.75 Å². The van der Waals surface area contributed by atoms with E-state index in [1.54, 1.807) is 24.3 Å². The van der Waals surface area contributed by atoms with Gasteiger partial charge in [-0.2, -0.15) is 5.10 Å². The van der Waals surface area contributed by atoms with Crippen LogP contribution < -0.4 is 15.8 Å². The van der Waals surface area contributed by atoms with Crippen molar-refractivity contribution in [2.75, 3.05) is 18.4 Å². The molecule has 1 aliphatic rings. The van der Waals surface area contributed by atoms with E-state index in [9.17, 15) is 9.59 Å². The number of para-hydroxylation sites is 2. The van der Waals surface area contributed by atoms with Crippen LogP contribution in [0.3, 0.4) is 0 Å². The van der Waals surface area contributed by atoms with Crippen LogP contribution in [0.5, 0.6) is 5.75 Å². The van der Waals surface area contributed by atoms with E-state index in [0.29, 0.717) is 17.2 Å². The lowest BCUT2D eigenvalue weighted by molar-refractivity contribution is 0.102. The third kappa shape index (κ3) is 5.59. The number of anilines is 1. The monoisotopic (exact) mass is 447 g/mol. The molecule has 2 amide bonds. The normalized spacial score (nSPS) is 14.7. The fourth-order valence-electron chi connectivity index (χ4n) is 4.34. The number of rotatable bonds is 6. The summed E-state index contributed by atoms with van der Waals surface area (Å²) in [4.78, 5) is 26.2. The predicted octanol–water partition coefficient (Wildman–Crippen LogP) is 3.82. The van der Waals surface area contributed by atoms with Crippen molar-refractivity contribution in [3.63, 3.8) is 0 Å². The Bertz CT molecular complexity index is 1130. The summed E-state index contributed by atoms with van der Waals surface area (Å²) < 4.78 is 6.82. The molecule has 1 fully saturated rings. The summed E-state index contributed by atoms with van der Waals surface area (Å²) in [6, 6.07) is 14.4. The van der Waals surface area contributed by atoms with Crippen LogP contribution in [-0.2, 0) is 13.6 Å². The molecule has 4 rings (SSSR count). The number of likely N-dealkylation sites (tertiary alicyclic amines) is 1. The third-order valence-corrected chi connectivity index (χ3v) is 6.09. The van der Waals surface area contributed by atoms with E-state index in [2.05, 4.69) is 28.4 Å². The Hall–Kier alpha value is -3.65. The number of benzene rings is 2. The number of hydrogen-bond donors (Lipinski definition) is 2. The number of aromatic nitrogens is 2. The molecule has 172 valence electrons. The summed E-state index contributed by atoms with van der Waals surface area (Å²) in [7, 11) is 1.96. The van der Waals surface area contributed by atoms with Gasteiger partial charge in [0.2, 0.25) is 0 Å². The van der Waals surface area contributed by atoms with Crippen molar-refractivity contribution >= 4 is 17.7 Å². The Morgan fingerprint density at radius 1 is 1.12 bits per heavy atom. The first-order chi connectivity index (χ1) is 15.9. The molecule has 8 heteroatoms. The zero-order valence-corrected chi connectivity index (χ0v) is 19.0. The molecule has 2 heterocycles. The van der Waals surface area contributed by atoms with Gasteiger partial charge >= 0.3 is 6.09 Å². The average Bonchev–Trinajstić information content (AvgIpc) is 3.12. The molecular weight excluding hydrogens is 418 g/mol. The van der Waals surface area contributed by atoms with Crippen LogP contribution in [0.2, 0.25) is 0 Å². The summed E-state index contributed by atoms with van der Waals surface area (Å²) in [6.07, 6.45) is 3.34. The lowest BCUT2D eigenvalue weighted by Gasteiger charge is -2.32. The lowest BCUT2D eigenvalue weighted by Crippen LogP contribution is -2.32. The van der Waals surface area contributed by atoms with Crippen molar-refractivity contribution in [2.45, 2.75) is 32.2 Å². The number of nitrogens with two attached hydrogens (primary N) is 1. The highest BCUT2D eigenvalue weighted by Crippen LogP contribution is 2.29. The minimum Gasteiger partial charge on any atom is -0.408 e. The average molecular weight is 448 g/mol. The third-order valence-electron chi connectivity index (χ3n) is 6.09. The fourth-order valence-corrected chi connectivity index (χ4v) is 4.34. The van der Waals surface area contributed by atoms with Gasteiger partial charge in [0.05, 0.1) is 11.4 Å². The molecule has 3 N–H and O–H groups in total. The molecule has 2 aromatic carbocycles. The highest BCUT2D eigenvalue weighted by Gasteiger charge is 2.22. The zero-order chi connectivity index (χ0) is 23.4. The van der Waals surface area contributed by atoms with Crippen LogP contribution in [0.1, 0.15) is 45.9 Å². The van der Waals surface area contributed by atoms with Crippen LogP contribution in [0.15, 0.2) is 54.7 Å². The van der Waals surface area contributed by atoms with E-state index in [1.807, 2.05) is 36.0 Å². The molecule has 0 bridgehead atoms. The molecule has 1 saturated heterocycles. The number of ether oxygens (including phenoxy) is 1. The smallest absolute Gasteiger partial charge is 0.408 e. The van der Waals surface area contributed by atoms with Gasteiger partial charge in [0.25, 0.3) is 5.91 Å². The number of nitrogens with one attached hydrogen (secondary N) is 1. The van der Waals surface area contributed by atoms with Crippen LogP contribution in [0, 0.1) is 6.92 Å². The highest BCUT2D eigenvalue weighted by molar-refractivity contribution is 6.05. The molecule has 0 atom stereocenters. The van der Waals surface area contributed by atoms with Crippen molar-refractivity contribution in [3.8, 4) is 5.75 Å². The zero-order valence-electron chi connectivity index (χ0n) is 19.0. The Morgan fingerprint density at radius 3 is 2.45 bits per heavy atom. The number of hydrogen-bond acceptors (Lipinski definition) is 5. The van der Waals surface area contributed by atoms with E-state index in [-0.39, 0.29) is 11.7 Å². The molecule has 8 nitrogen and oxygen atoms in total. The van der Waals surface area contributed by atoms with Crippen LogP contribution in [-0.4, -0.2) is 39.8 Å². The molecule has 3 aromatic rings. The first-order valence-corrected chi connectivity index (χ1v) is 11.1. The van der Waals surface area contributed by atoms with Crippen LogP contribution in [0.25, 0.3) is 0 Å². The minimum absolute atomic E-state index is 0.211. The largest absolute Gasteiger partial charge is 0.410 e. The second-order valence-electron chi connectivity index (χ2n) is 8.46. The first kappa shape index (κ1) is 22.5. The Kier molecular flexibility index (Phi) is 6.74. The number of primary amides is 1. The number of amides is 2. The van der Waals surface area contributed by atoms with Crippen molar-refractivity contribution in [1.82, 2.24) is 14.7 Å². The molecule has 33 heavy (non-hydrogen) atoms. The van der Waals surface area contributed by atoms with Gasteiger partial charge in [-0.05, 0) is 68.6 Å². The van der Waals surface area contributed by atoms with E-state index in [0.717, 1.165) is 38.2 Å². The van der Waals surface area contributed by atoms with Gasteiger partial charge in [-0.15, -0.1) is 0 Å². The fraction of sp³-hybridized carbons (Fsp3) is 0.320.